The molecule has 2 heterocycles. The van der Waals surface area contributed by atoms with Crippen molar-refractivity contribution >= 4 is 78.8 Å². The first-order valence-corrected chi connectivity index (χ1v) is 24.4. The number of sulfonamides is 1. The molecule has 5 aromatic rings. The number of anilines is 3. The standard InChI is InChI=1S/C46H53ClF3N7O2S3/c1-45(2)20-18-39(32-10-12-34(47)13-11-32)33(28-45)29-56-22-24-57(25-23-56)36-14-16-40-42(26-36)51-31-52-44(40)54-62(58,59)38-15-17-41(43(27-38)61-46(48,49)50)53-35(19-21-55(3)4)30-60-37-8-6-5-7-9-37/h5-17,26-27,31,35,53H,18-25,28-30H2,1-4H3,(H,51,52,54)/t35-/m1/s1. The van der Waals surface area contributed by atoms with Gasteiger partial charge in [0.1, 0.15) is 6.33 Å². The van der Waals surface area contributed by atoms with Gasteiger partial charge < -0.3 is 15.1 Å². The van der Waals surface area contributed by atoms with Crippen LogP contribution < -0.4 is 14.9 Å². The SMILES string of the molecule is CN(C)CC[C@H](CSc1ccccc1)Nc1ccc(S(=O)(=O)Nc2ncnc3cc(N4CCN(CC5=C(c6ccc(Cl)cc6)CCC(C)(C)C5)CC4)ccc23)cc1SC(F)(F)F. The minimum atomic E-state index is -4.65. The summed E-state index contributed by atoms with van der Waals surface area (Å²) in [5.74, 6) is 0.637. The second-order valence-electron chi connectivity index (χ2n) is 17.0. The number of piperazine rings is 1. The highest BCUT2D eigenvalue weighted by Gasteiger charge is 2.33. The fourth-order valence-corrected chi connectivity index (χ4v) is 11.0. The van der Waals surface area contributed by atoms with Crippen LogP contribution in [0.2, 0.25) is 5.02 Å². The van der Waals surface area contributed by atoms with Crippen LogP contribution in [0.3, 0.4) is 0 Å². The van der Waals surface area contributed by atoms with Crippen molar-refractivity contribution in [2.75, 3.05) is 74.1 Å². The van der Waals surface area contributed by atoms with Crippen molar-refractivity contribution in [2.45, 2.75) is 65.8 Å². The number of nitrogens with one attached hydrogen (secondary N) is 2. The first kappa shape index (κ1) is 46.0. The molecular formula is C46H53ClF3N7O2S3. The highest BCUT2D eigenvalue weighted by molar-refractivity contribution is 8.00. The number of allylic oxidation sites excluding steroid dienone is 1. The molecular weight excluding hydrogens is 871 g/mol. The van der Waals surface area contributed by atoms with Crippen molar-refractivity contribution in [2.24, 2.45) is 5.41 Å². The van der Waals surface area contributed by atoms with Crippen molar-refractivity contribution in [3.63, 3.8) is 0 Å². The van der Waals surface area contributed by atoms with Crippen LogP contribution >= 0.6 is 35.1 Å². The van der Waals surface area contributed by atoms with Crippen LogP contribution in [0.5, 0.6) is 0 Å². The summed E-state index contributed by atoms with van der Waals surface area (Å²) in [6.07, 6.45) is 5.21. The molecule has 62 heavy (non-hydrogen) atoms. The quantitative estimate of drug-likeness (QED) is 0.0932. The lowest BCUT2D eigenvalue weighted by molar-refractivity contribution is -0.0328. The van der Waals surface area contributed by atoms with Gasteiger partial charge >= 0.3 is 5.51 Å². The summed E-state index contributed by atoms with van der Waals surface area (Å²) in [6, 6.07) is 27.3. The molecule has 0 amide bonds. The fraction of sp³-hybridized carbons (Fsp3) is 0.391. The molecule has 1 saturated heterocycles. The lowest BCUT2D eigenvalue weighted by Gasteiger charge is -2.39. The van der Waals surface area contributed by atoms with Crippen LogP contribution in [0.4, 0.5) is 30.4 Å². The first-order valence-electron chi connectivity index (χ1n) is 20.7. The van der Waals surface area contributed by atoms with E-state index in [0.29, 0.717) is 29.6 Å². The number of halogens is 4. The Morgan fingerprint density at radius 1 is 0.935 bits per heavy atom. The molecule has 0 unspecified atom stereocenters. The number of hydrogen-bond donors (Lipinski definition) is 2. The summed E-state index contributed by atoms with van der Waals surface area (Å²) in [5, 5.41) is 4.51. The molecule has 2 N–H and O–H groups in total. The summed E-state index contributed by atoms with van der Waals surface area (Å²) in [5.41, 5.74) is 1.51. The molecule has 1 aliphatic carbocycles. The third kappa shape index (κ3) is 12.4. The Labute approximate surface area is 377 Å². The summed E-state index contributed by atoms with van der Waals surface area (Å²) in [7, 11) is -0.479. The van der Waals surface area contributed by atoms with Crippen molar-refractivity contribution in [1.82, 2.24) is 19.8 Å². The Balaban J connectivity index is 1.04. The summed E-state index contributed by atoms with van der Waals surface area (Å²) in [6.45, 7) is 9.73. The zero-order valence-corrected chi connectivity index (χ0v) is 38.6. The number of nitrogens with zero attached hydrogens (tertiary/aromatic N) is 5. The number of alkyl halides is 3. The van der Waals surface area contributed by atoms with Crippen LogP contribution in [-0.4, -0.2) is 98.9 Å². The van der Waals surface area contributed by atoms with Crippen molar-refractivity contribution in [1.29, 1.82) is 0 Å². The second-order valence-corrected chi connectivity index (χ2v) is 21.3. The van der Waals surface area contributed by atoms with Crippen molar-refractivity contribution < 1.29 is 21.6 Å². The first-order chi connectivity index (χ1) is 29.5. The van der Waals surface area contributed by atoms with E-state index in [4.69, 9.17) is 11.6 Å². The highest BCUT2D eigenvalue weighted by Crippen LogP contribution is 2.44. The number of thioether (sulfide) groups is 2. The predicted molar refractivity (Wildman–Crippen MR) is 251 cm³/mol. The number of fused-ring (bicyclic) bond motifs is 1. The Bertz CT molecular complexity index is 2460. The molecule has 0 radical (unpaired) electrons. The van der Waals surface area contributed by atoms with Gasteiger partial charge in [0.25, 0.3) is 10.0 Å². The van der Waals surface area contributed by atoms with Gasteiger partial charge in [-0.15, -0.1) is 11.8 Å². The zero-order valence-electron chi connectivity index (χ0n) is 35.4. The number of rotatable bonds is 16. The molecule has 9 nitrogen and oxygen atoms in total. The monoisotopic (exact) mass is 923 g/mol. The molecule has 330 valence electrons. The van der Waals surface area contributed by atoms with Gasteiger partial charge in [0, 0.05) is 76.1 Å². The van der Waals surface area contributed by atoms with Crippen LogP contribution in [0.1, 0.15) is 45.1 Å². The molecule has 1 atom stereocenters. The Morgan fingerprint density at radius 3 is 2.39 bits per heavy atom. The Morgan fingerprint density at radius 2 is 1.68 bits per heavy atom. The maximum Gasteiger partial charge on any atom is 0.446 e. The molecule has 1 aromatic heterocycles. The normalized spacial score (nSPS) is 16.8. The third-order valence-corrected chi connectivity index (χ3v) is 14.9. The molecule has 0 spiro atoms. The van der Waals surface area contributed by atoms with Crippen molar-refractivity contribution in [3.8, 4) is 0 Å². The van der Waals surface area contributed by atoms with Crippen LogP contribution in [0.25, 0.3) is 16.5 Å². The van der Waals surface area contributed by atoms with E-state index in [9.17, 15) is 21.6 Å². The molecule has 4 aromatic carbocycles. The average molecular weight is 925 g/mol. The van der Waals surface area contributed by atoms with Gasteiger partial charge in [-0.05, 0) is 135 Å². The molecule has 1 fully saturated rings. The van der Waals surface area contributed by atoms with E-state index >= 15 is 0 Å². The maximum absolute atomic E-state index is 14.0. The van der Waals surface area contributed by atoms with E-state index in [1.165, 1.54) is 35.2 Å². The van der Waals surface area contributed by atoms with E-state index in [-0.39, 0.29) is 44.5 Å². The van der Waals surface area contributed by atoms with Crippen LogP contribution in [-0.2, 0) is 10.0 Å². The highest BCUT2D eigenvalue weighted by atomic mass is 35.5. The Kier molecular flexibility index (Phi) is 14.7. The number of benzene rings is 4. The minimum Gasteiger partial charge on any atom is -0.381 e. The van der Waals surface area contributed by atoms with E-state index in [0.717, 1.165) is 73.7 Å². The van der Waals surface area contributed by atoms with E-state index in [1.54, 1.807) is 17.8 Å². The predicted octanol–water partition coefficient (Wildman–Crippen LogP) is 11.0. The van der Waals surface area contributed by atoms with Crippen LogP contribution in [0.15, 0.2) is 118 Å². The minimum absolute atomic E-state index is 0.0421. The number of aromatic nitrogens is 2. The number of hydrogen-bond acceptors (Lipinski definition) is 10. The van der Waals surface area contributed by atoms with Gasteiger partial charge in [0.15, 0.2) is 5.82 Å². The van der Waals surface area contributed by atoms with E-state index in [2.05, 4.69) is 55.8 Å². The van der Waals surface area contributed by atoms with Crippen molar-refractivity contribution in [3.05, 3.63) is 113 Å². The van der Waals surface area contributed by atoms with Crippen LogP contribution in [0, 0.1) is 5.41 Å². The smallest absolute Gasteiger partial charge is 0.381 e. The molecule has 16 heteroatoms. The van der Waals surface area contributed by atoms with E-state index in [1.807, 2.05) is 73.6 Å². The molecule has 1 aliphatic heterocycles. The molecule has 0 saturated carbocycles. The summed E-state index contributed by atoms with van der Waals surface area (Å²) >= 11 is 7.48. The lowest BCUT2D eigenvalue weighted by atomic mass is 9.73. The second kappa shape index (κ2) is 19.8. The van der Waals surface area contributed by atoms with Gasteiger partial charge in [0.2, 0.25) is 0 Å². The summed E-state index contributed by atoms with van der Waals surface area (Å²) < 4.78 is 72.1. The topological polar surface area (TPSA) is 93.7 Å². The average Bonchev–Trinajstić information content (AvgIpc) is 3.22. The molecule has 7 rings (SSSR count). The van der Waals surface area contributed by atoms with Gasteiger partial charge in [-0.25, -0.2) is 18.4 Å². The summed E-state index contributed by atoms with van der Waals surface area (Å²) in [4.78, 5) is 16.1. The van der Waals surface area contributed by atoms with E-state index < -0.39 is 15.5 Å². The zero-order chi connectivity index (χ0) is 44.1. The lowest BCUT2D eigenvalue weighted by Crippen LogP contribution is -2.47. The third-order valence-electron chi connectivity index (χ3n) is 11.3. The molecule has 0 bridgehead atoms. The largest absolute Gasteiger partial charge is 0.446 e. The van der Waals surface area contributed by atoms with Gasteiger partial charge in [-0.3, -0.25) is 9.62 Å². The van der Waals surface area contributed by atoms with Gasteiger partial charge in [-0.1, -0.05) is 61.4 Å². The van der Waals surface area contributed by atoms with Gasteiger partial charge in [-0.2, -0.15) is 13.2 Å². The fourth-order valence-electron chi connectivity index (χ4n) is 8.05. The maximum atomic E-state index is 14.0. The Hall–Kier alpha value is -3.99. The van der Waals surface area contributed by atoms with Gasteiger partial charge in [0.05, 0.1) is 10.4 Å². The molecule has 2 aliphatic rings.